The number of aromatic nitrogens is 3. The molecule has 2 aromatic carbocycles. The molecule has 0 radical (unpaired) electrons. The number of aryl methyl sites for hydroxylation is 1. The quantitative estimate of drug-likeness (QED) is 0.0762. The number of amides is 2. The fourth-order valence-corrected chi connectivity index (χ4v) is 8.28. The molecule has 15 nitrogen and oxygen atoms in total. The van der Waals surface area contributed by atoms with Crippen molar-refractivity contribution in [3.63, 3.8) is 0 Å². The molecule has 0 fully saturated rings. The molecule has 0 bridgehead atoms. The number of fused-ring (bicyclic) bond motifs is 1. The highest BCUT2D eigenvalue weighted by Crippen LogP contribution is 2.43. The van der Waals surface area contributed by atoms with Crippen LogP contribution in [-0.2, 0) is 26.0 Å². The van der Waals surface area contributed by atoms with Crippen LogP contribution in [0.5, 0.6) is 5.75 Å². The van der Waals surface area contributed by atoms with Gasteiger partial charge in [-0.25, -0.2) is 27.6 Å². The van der Waals surface area contributed by atoms with E-state index < -0.39 is 51.5 Å². The van der Waals surface area contributed by atoms with Gasteiger partial charge >= 0.3 is 5.97 Å². The van der Waals surface area contributed by atoms with Crippen molar-refractivity contribution in [2.24, 2.45) is 5.92 Å². The Morgan fingerprint density at radius 2 is 1.66 bits per heavy atom. The van der Waals surface area contributed by atoms with Crippen molar-refractivity contribution in [2.45, 2.75) is 104 Å². The molecule has 1 aromatic heterocycles. The number of hydrogen-bond donors (Lipinski definition) is 6. The summed E-state index contributed by atoms with van der Waals surface area (Å²) in [6.07, 6.45) is 0.841. The van der Waals surface area contributed by atoms with Gasteiger partial charge < -0.3 is 25.8 Å². The zero-order valence-corrected chi connectivity index (χ0v) is 33.2. The molecule has 18 heteroatoms. The van der Waals surface area contributed by atoms with Gasteiger partial charge in [0.1, 0.15) is 29.3 Å². The van der Waals surface area contributed by atoms with E-state index in [1.807, 2.05) is 34.6 Å². The predicted octanol–water partition coefficient (Wildman–Crippen LogP) is 4.52. The summed E-state index contributed by atoms with van der Waals surface area (Å²) in [7, 11) is -4.17. The van der Waals surface area contributed by atoms with Crippen LogP contribution in [0.25, 0.3) is 5.69 Å². The maximum atomic E-state index is 13.6. The third kappa shape index (κ3) is 9.97. The lowest BCUT2D eigenvalue weighted by atomic mass is 9.94. The van der Waals surface area contributed by atoms with Gasteiger partial charge in [-0.3, -0.25) is 15.0 Å². The second-order valence-corrected chi connectivity index (χ2v) is 16.7. The molecule has 2 amide bonds. The first-order valence-electron chi connectivity index (χ1n) is 17.0. The Bertz CT molecular complexity index is 2030. The Balaban J connectivity index is 1.46. The average Bonchev–Trinajstić information content (AvgIpc) is 3.59. The first kappa shape index (κ1) is 41.3. The lowest BCUT2D eigenvalue weighted by Gasteiger charge is -2.22. The second-order valence-electron chi connectivity index (χ2n) is 14.2. The zero-order valence-electron chi connectivity index (χ0n) is 30.9. The summed E-state index contributed by atoms with van der Waals surface area (Å²) in [5.41, 5.74) is 2.58. The number of hydrogen-bond acceptors (Lipinski definition) is 9. The van der Waals surface area contributed by atoms with Gasteiger partial charge in [0.05, 0.1) is 10.6 Å². The monoisotopic (exact) mass is 792 g/mol. The number of benzene rings is 2. The van der Waals surface area contributed by atoms with Crippen molar-refractivity contribution in [3.8, 4) is 11.4 Å². The van der Waals surface area contributed by atoms with Crippen molar-refractivity contribution in [2.75, 3.05) is 6.54 Å². The SMILES string of the molecule is Cc1c(C)c(S(=O)(=O)NC(=N)NCCC[C@H](NC(=O)c2nc(C)n(-c3cc(Cl)cc(Cl)c3)n2)C(=O)N[C@H](CC(C)C)C(=O)O)c(C)c2c1OC(C)(C)C2. The number of sulfonamides is 1. The van der Waals surface area contributed by atoms with E-state index in [1.54, 1.807) is 32.9 Å². The van der Waals surface area contributed by atoms with Crippen molar-refractivity contribution < 1.29 is 32.6 Å². The summed E-state index contributed by atoms with van der Waals surface area (Å²) in [6.45, 7) is 14.4. The molecular weight excluding hydrogens is 747 g/mol. The van der Waals surface area contributed by atoms with E-state index in [0.29, 0.717) is 50.4 Å². The number of carboxylic acid groups (broad SMARTS) is 1. The minimum atomic E-state index is -4.17. The Morgan fingerprint density at radius 1 is 1.02 bits per heavy atom. The molecule has 1 aliphatic rings. The van der Waals surface area contributed by atoms with E-state index in [-0.39, 0.29) is 42.4 Å². The summed E-state index contributed by atoms with van der Waals surface area (Å²) >= 11 is 12.3. The molecule has 288 valence electrons. The molecule has 1 aliphatic heterocycles. The van der Waals surface area contributed by atoms with Gasteiger partial charge in [0.2, 0.25) is 17.7 Å². The van der Waals surface area contributed by atoms with E-state index >= 15 is 0 Å². The van der Waals surface area contributed by atoms with Crippen LogP contribution >= 0.6 is 23.2 Å². The molecule has 2 heterocycles. The normalized spacial score (nSPS) is 14.5. The number of carboxylic acids is 1. The molecule has 3 aromatic rings. The fourth-order valence-electron chi connectivity index (χ4n) is 6.24. The summed E-state index contributed by atoms with van der Waals surface area (Å²) < 4.78 is 36.9. The van der Waals surface area contributed by atoms with Crippen LogP contribution in [-0.4, -0.2) is 76.3 Å². The molecule has 0 aliphatic carbocycles. The van der Waals surface area contributed by atoms with Crippen molar-refractivity contribution in [1.82, 2.24) is 35.4 Å². The Labute approximate surface area is 319 Å². The van der Waals surface area contributed by atoms with E-state index in [9.17, 15) is 27.9 Å². The molecule has 0 saturated heterocycles. The minimum Gasteiger partial charge on any atom is -0.487 e. The summed E-state index contributed by atoms with van der Waals surface area (Å²) in [4.78, 5) is 43.0. The summed E-state index contributed by atoms with van der Waals surface area (Å²) in [5.74, 6) is -2.54. The van der Waals surface area contributed by atoms with Gasteiger partial charge in [0.25, 0.3) is 15.9 Å². The van der Waals surface area contributed by atoms with Gasteiger partial charge in [0, 0.05) is 28.6 Å². The van der Waals surface area contributed by atoms with Crippen molar-refractivity contribution in [3.05, 3.63) is 62.1 Å². The number of nitrogens with one attached hydrogen (secondary N) is 5. The number of carbonyl (C=O) groups excluding carboxylic acids is 2. The number of carbonyl (C=O) groups is 3. The van der Waals surface area contributed by atoms with Crippen LogP contribution in [0.4, 0.5) is 0 Å². The lowest BCUT2D eigenvalue weighted by Crippen LogP contribution is -2.52. The highest BCUT2D eigenvalue weighted by Gasteiger charge is 2.37. The van der Waals surface area contributed by atoms with Gasteiger partial charge in [0.15, 0.2) is 0 Å². The van der Waals surface area contributed by atoms with Crippen LogP contribution in [0.3, 0.4) is 0 Å². The predicted molar refractivity (Wildman–Crippen MR) is 201 cm³/mol. The van der Waals surface area contributed by atoms with E-state index in [4.69, 9.17) is 33.3 Å². The Kier molecular flexibility index (Phi) is 12.7. The van der Waals surface area contributed by atoms with E-state index in [0.717, 1.165) is 5.56 Å². The van der Waals surface area contributed by atoms with Crippen LogP contribution in [0.1, 0.15) is 85.7 Å². The van der Waals surface area contributed by atoms with Gasteiger partial charge in [-0.15, -0.1) is 5.10 Å². The van der Waals surface area contributed by atoms with Crippen LogP contribution in [0.2, 0.25) is 10.0 Å². The lowest BCUT2D eigenvalue weighted by molar-refractivity contribution is -0.142. The standard InChI is InChI=1S/C35H46Cl2N8O7S/c1-17(2)12-27(33(48)49)42-31(46)26(41-32(47)30-40-21(6)45(43-30)24-14-22(36)13-23(37)15-24)10-9-11-39-34(38)44-53(50,51)29-19(4)18(3)28-25(20(29)5)16-35(7,8)52-28/h13-15,17,26-27H,9-12,16H2,1-8H3,(H,41,47)(H,42,46)(H,48,49)(H3,38,39,44)/t26-,27+/m0/s1. The summed E-state index contributed by atoms with van der Waals surface area (Å²) in [5, 5.41) is 30.8. The minimum absolute atomic E-state index is 0.0137. The molecule has 0 saturated carbocycles. The van der Waals surface area contributed by atoms with Gasteiger partial charge in [-0.1, -0.05) is 37.0 Å². The second kappa shape index (κ2) is 16.3. The maximum absolute atomic E-state index is 13.6. The molecular formula is C35H46Cl2N8O7S. The topological polar surface area (TPSA) is 217 Å². The van der Waals surface area contributed by atoms with Crippen molar-refractivity contribution in [1.29, 1.82) is 5.41 Å². The van der Waals surface area contributed by atoms with Crippen LogP contribution in [0.15, 0.2) is 23.1 Å². The number of aliphatic carboxylic acids is 1. The third-order valence-corrected chi connectivity index (χ3v) is 10.8. The molecule has 4 rings (SSSR count). The molecule has 0 unspecified atom stereocenters. The van der Waals surface area contributed by atoms with E-state index in [1.165, 1.54) is 10.7 Å². The Morgan fingerprint density at radius 3 is 2.26 bits per heavy atom. The first-order chi connectivity index (χ1) is 24.6. The highest BCUT2D eigenvalue weighted by molar-refractivity contribution is 7.90. The molecule has 0 spiro atoms. The maximum Gasteiger partial charge on any atom is 0.326 e. The van der Waals surface area contributed by atoms with Crippen molar-refractivity contribution >= 4 is 57.0 Å². The number of guanidine groups is 1. The van der Waals surface area contributed by atoms with Gasteiger partial charge in [-0.05, 0) is 102 Å². The third-order valence-electron chi connectivity index (χ3n) is 8.78. The molecule has 53 heavy (non-hydrogen) atoms. The number of ether oxygens (including phenoxy) is 1. The largest absolute Gasteiger partial charge is 0.487 e. The zero-order chi connectivity index (χ0) is 39.6. The average molecular weight is 794 g/mol. The molecule has 6 N–H and O–H groups in total. The highest BCUT2D eigenvalue weighted by atomic mass is 35.5. The van der Waals surface area contributed by atoms with E-state index in [2.05, 4.69) is 30.8 Å². The van der Waals surface area contributed by atoms with Crippen LogP contribution in [0, 0.1) is 39.0 Å². The molecule has 2 atom stereocenters. The Hall–Kier alpha value is -4.41. The summed E-state index contributed by atoms with van der Waals surface area (Å²) in [6, 6.07) is 2.27. The number of nitrogens with zero attached hydrogens (tertiary/aromatic N) is 3. The van der Waals surface area contributed by atoms with Gasteiger partial charge in [-0.2, -0.15) is 0 Å². The number of halogens is 2. The fraction of sp³-hybridized carbons (Fsp3) is 0.486. The van der Waals surface area contributed by atoms with Crippen LogP contribution < -0.4 is 25.4 Å². The first-order valence-corrected chi connectivity index (χ1v) is 19.2. The number of rotatable bonds is 14. The smallest absolute Gasteiger partial charge is 0.326 e.